The van der Waals surface area contributed by atoms with Crippen molar-refractivity contribution in [2.75, 3.05) is 26.7 Å². The molecule has 3 radical (unpaired) electrons. The van der Waals surface area contributed by atoms with Gasteiger partial charge in [0.15, 0.2) is 0 Å². The van der Waals surface area contributed by atoms with Gasteiger partial charge in [-0.1, -0.05) is 156 Å². The quantitative estimate of drug-likeness (QED) is 0.0743. The molecular weight excluding hydrogens is 1250 g/mol. The molecule has 6 aliphatic carbocycles. The number of nitrogens with zero attached hydrogens (tertiary/aromatic N) is 1. The van der Waals surface area contributed by atoms with Crippen molar-refractivity contribution in [3.63, 3.8) is 0 Å². The standard InChI is InChI=1S/C9H18BN2O.C8H16BN2O.C8H15BNO2.3C8H17P.6C2H2.3Fe.3H3P/c1-3-11-9(13)12(2)10-8-6-4-5-7-8;1-2-10-8(12)11-9-7-5-3-4-6-7;1-2-10-8(11)12-9-7-5-3-4-6-7;3*1-2-4-7-5-3-6-8(7)9;6*1-2;;;;;;/h8H,3-7H2,1-2H3,(H,11,13);7H,2-6H2,1H3,(H2,10,11,12);7H,2-6H2,1H3,(H,10,11);3*7-8H,2-6,9H2,1H3;6*1-2H;;;;3*1H3. The summed E-state index contributed by atoms with van der Waals surface area (Å²) in [7, 11) is 16.4. The number of hydrogen-bond donors (Lipinski definition) is 4. The van der Waals surface area contributed by atoms with Gasteiger partial charge >= 0.3 is 25.6 Å². The minimum Gasteiger partial charge on any atom is -0.523 e. The Hall–Kier alpha value is -0.497. The summed E-state index contributed by atoms with van der Waals surface area (Å²) in [5.74, 6) is 4.84. The second-order valence-electron chi connectivity index (χ2n) is 19.4. The Morgan fingerprint density at radius 3 is 1.04 bits per heavy atom. The van der Waals surface area contributed by atoms with Crippen LogP contribution in [0.2, 0.25) is 17.5 Å². The third-order valence-corrected chi connectivity index (χ3v) is 16.5. The Labute approximate surface area is 560 Å². The SMILES string of the molecule is C#C.C#C.C#C.C#C.C#C.C#C.CCCC1CCCC1P.CCCC1CCCC1P.CCCC1CCCC1P.CCNC(=O)N(C)[B]C1CCCC1.CCNC(=O)N[B]C1CCCC1.CCNC(=O)O[B]C1CCCC1.P.P.P.[Fe].[Fe].[Fe]. The summed E-state index contributed by atoms with van der Waals surface area (Å²) < 4.78 is 4.89. The zero-order chi connectivity index (χ0) is 59.4. The van der Waals surface area contributed by atoms with Crippen LogP contribution < -0.4 is 21.2 Å². The van der Waals surface area contributed by atoms with Gasteiger partial charge in [0.05, 0.1) is 0 Å². The van der Waals surface area contributed by atoms with E-state index < -0.39 is 0 Å². The van der Waals surface area contributed by atoms with E-state index in [9.17, 15) is 14.4 Å². The van der Waals surface area contributed by atoms with Crippen LogP contribution >= 0.6 is 57.4 Å². The average molecular weight is 1370 g/mol. The van der Waals surface area contributed by atoms with Crippen molar-refractivity contribution in [1.29, 1.82) is 0 Å². The fraction of sp³-hybridized carbons (Fsp3) is 0.754. The van der Waals surface area contributed by atoms with Gasteiger partial charge in [-0.2, -0.15) is 29.7 Å². The third kappa shape index (κ3) is 65.5. The maximum Gasteiger partial charge on any atom is 0.388 e. The van der Waals surface area contributed by atoms with Crippen molar-refractivity contribution in [3.8, 4) is 77.1 Å². The van der Waals surface area contributed by atoms with Crippen LogP contribution in [0.5, 0.6) is 0 Å². The Morgan fingerprint density at radius 2 is 0.756 bits per heavy atom. The number of amides is 5. The molecule has 12 unspecified atom stereocenters. The van der Waals surface area contributed by atoms with Crippen LogP contribution in [-0.4, -0.2) is 88.9 Å². The predicted octanol–water partition coefficient (Wildman–Crippen LogP) is 14.8. The maximum atomic E-state index is 11.3. The van der Waals surface area contributed by atoms with Crippen LogP contribution in [0.3, 0.4) is 0 Å². The van der Waals surface area contributed by atoms with Gasteiger partial charge in [-0.05, 0) is 119 Å². The van der Waals surface area contributed by atoms with Crippen molar-refractivity contribution >= 4 is 97.9 Å². The molecule has 4 N–H and O–H groups in total. The van der Waals surface area contributed by atoms with Gasteiger partial charge in [0, 0.05) is 70.8 Å². The van der Waals surface area contributed by atoms with Gasteiger partial charge in [0.2, 0.25) is 0 Å². The predicted molar refractivity (Wildman–Crippen MR) is 383 cm³/mol. The molecule has 6 fully saturated rings. The van der Waals surface area contributed by atoms with E-state index in [4.69, 9.17) is 4.65 Å². The summed E-state index contributed by atoms with van der Waals surface area (Å²) in [4.78, 5) is 34.8. The van der Waals surface area contributed by atoms with E-state index in [1.54, 1.807) is 12.3 Å². The Bertz CT molecular complexity index is 1320. The molecule has 0 spiro atoms. The summed E-state index contributed by atoms with van der Waals surface area (Å²) >= 11 is 0. The van der Waals surface area contributed by atoms with E-state index in [1.807, 2.05) is 35.2 Å². The second-order valence-corrected chi connectivity index (χ2v) is 22.0. The van der Waals surface area contributed by atoms with Gasteiger partial charge in [0.25, 0.3) is 14.8 Å². The molecule has 5 amide bonds. The first-order chi connectivity index (χ1) is 36.9. The first-order valence-corrected chi connectivity index (χ1v) is 30.7. The number of carbonyl (C=O) groups excluding carboxylic acids is 3. The Morgan fingerprint density at radius 1 is 0.451 bits per heavy atom. The fourth-order valence-corrected chi connectivity index (χ4v) is 12.0. The molecule has 82 heavy (non-hydrogen) atoms. The van der Waals surface area contributed by atoms with Crippen molar-refractivity contribution in [2.45, 2.75) is 249 Å². The van der Waals surface area contributed by atoms with Crippen LogP contribution in [0.4, 0.5) is 14.4 Å². The molecule has 477 valence electrons. The van der Waals surface area contributed by atoms with E-state index in [1.165, 1.54) is 173 Å². The minimum atomic E-state index is -0.329. The first-order valence-electron chi connectivity index (χ1n) is 28.7. The maximum absolute atomic E-state index is 11.3. The van der Waals surface area contributed by atoms with Crippen LogP contribution in [-0.2, 0) is 55.9 Å². The normalized spacial score (nSPS) is 19.6. The molecule has 6 rings (SSSR count). The molecule has 0 saturated heterocycles. The molecule has 0 aromatic rings. The summed E-state index contributed by atoms with van der Waals surface area (Å²) in [5, 5.41) is 10.8. The third-order valence-electron chi connectivity index (χ3n) is 13.9. The zero-order valence-electron chi connectivity index (χ0n) is 52.6. The molecule has 0 bridgehead atoms. The Balaban J connectivity index is -0.0000000683. The second kappa shape index (κ2) is 86.9. The van der Waals surface area contributed by atoms with Crippen LogP contribution in [0.25, 0.3) is 0 Å². The van der Waals surface area contributed by atoms with E-state index in [2.05, 4.69) is 154 Å². The van der Waals surface area contributed by atoms with Gasteiger partial charge < -0.3 is 30.6 Å². The largest absolute Gasteiger partial charge is 0.523 e. The van der Waals surface area contributed by atoms with E-state index in [0.29, 0.717) is 37.1 Å². The van der Waals surface area contributed by atoms with Gasteiger partial charge in [0.1, 0.15) is 0 Å². The number of terminal acetylenes is 6. The topological polar surface area (TPSA) is 112 Å². The summed E-state index contributed by atoms with van der Waals surface area (Å²) in [6.07, 6.45) is 84.4. The molecule has 9 nitrogen and oxygen atoms in total. The Kier molecular flexibility index (Phi) is 116. The van der Waals surface area contributed by atoms with Gasteiger partial charge in [-0.3, -0.25) is 9.59 Å². The minimum absolute atomic E-state index is 0. The number of carbonyl (C=O) groups is 3. The van der Waals surface area contributed by atoms with E-state index >= 15 is 0 Å². The summed E-state index contributed by atoms with van der Waals surface area (Å²) in [5.41, 5.74) is 2.85. The number of nitrogens with one attached hydrogen (secondary N) is 4. The first kappa shape index (κ1) is 109. The molecule has 0 heterocycles. The fourth-order valence-electron chi connectivity index (χ4n) is 10.1. The van der Waals surface area contributed by atoms with Crippen molar-refractivity contribution in [1.82, 2.24) is 26.0 Å². The van der Waals surface area contributed by atoms with Crippen molar-refractivity contribution < 1.29 is 70.2 Å². The molecule has 6 saturated carbocycles. The molecule has 0 aliphatic heterocycles. The number of rotatable bonds is 15. The monoisotopic (exact) mass is 1370 g/mol. The average Bonchev–Trinajstić information content (AvgIpc) is 4.35. The van der Waals surface area contributed by atoms with E-state index in [0.717, 1.165) is 34.7 Å². The molecule has 21 heteroatoms. The number of urea groups is 2. The molecule has 12 atom stereocenters. The van der Waals surface area contributed by atoms with Crippen LogP contribution in [0.15, 0.2) is 0 Å². The smallest absolute Gasteiger partial charge is 0.388 e. The van der Waals surface area contributed by atoms with Crippen molar-refractivity contribution in [3.05, 3.63) is 0 Å². The van der Waals surface area contributed by atoms with Gasteiger partial charge in [-0.15, -0.1) is 105 Å². The molecule has 6 aliphatic rings. The van der Waals surface area contributed by atoms with Crippen LogP contribution in [0.1, 0.15) is 215 Å². The molecule has 0 aromatic heterocycles. The van der Waals surface area contributed by atoms with Gasteiger partial charge in [-0.25, -0.2) is 4.79 Å². The van der Waals surface area contributed by atoms with E-state index in [-0.39, 0.29) is 99.1 Å². The van der Waals surface area contributed by atoms with Crippen LogP contribution in [0, 0.1) is 94.8 Å². The summed E-state index contributed by atoms with van der Waals surface area (Å²) in [6.45, 7) is 14.6. The van der Waals surface area contributed by atoms with Crippen molar-refractivity contribution in [2.24, 2.45) is 17.8 Å². The molecule has 0 aromatic carbocycles. The number of hydrogen-bond acceptors (Lipinski definition) is 4. The molecular formula is C61H121B3Fe3N5O4P6. The zero-order valence-corrected chi connectivity index (χ0v) is 63.6. The summed E-state index contributed by atoms with van der Waals surface area (Å²) in [6, 6.07) is -0.0706.